The highest BCUT2D eigenvalue weighted by atomic mass is 32.3. The van der Waals surface area contributed by atoms with E-state index in [-0.39, 0.29) is 16.3 Å². The van der Waals surface area contributed by atoms with Gasteiger partial charge in [-0.3, -0.25) is 20.2 Å². The molecule has 0 unspecified atom stereocenters. The number of sulfonamides is 1. The minimum absolute atomic E-state index is 0.116. The molecule has 10 nitrogen and oxygen atoms in total. The number of hydrogen-bond donors (Lipinski definition) is 0. The summed E-state index contributed by atoms with van der Waals surface area (Å²) in [7, 11) is -2.06. The molecule has 138 valence electrons. The molecular formula is C14H14N4O6S2. The van der Waals surface area contributed by atoms with E-state index in [0.29, 0.717) is 4.90 Å². The Hall–Kier alpha value is -2.70. The molecule has 0 amide bonds. The van der Waals surface area contributed by atoms with Crippen LogP contribution in [0.25, 0.3) is 0 Å². The van der Waals surface area contributed by atoms with Gasteiger partial charge in [0.05, 0.1) is 14.7 Å². The lowest BCUT2D eigenvalue weighted by Gasteiger charge is -2.15. The second-order valence-electron chi connectivity index (χ2n) is 5.13. The van der Waals surface area contributed by atoms with E-state index in [1.807, 2.05) is 0 Å². The monoisotopic (exact) mass is 398 g/mol. The van der Waals surface area contributed by atoms with Crippen molar-refractivity contribution in [3.8, 4) is 0 Å². The van der Waals surface area contributed by atoms with Gasteiger partial charge < -0.3 is 0 Å². The van der Waals surface area contributed by atoms with Crippen LogP contribution in [0.3, 0.4) is 0 Å². The van der Waals surface area contributed by atoms with Gasteiger partial charge in [0.15, 0.2) is 0 Å². The third kappa shape index (κ3) is 4.47. The Labute approximate surface area is 151 Å². The Bertz CT molecular complexity index is 970. The second kappa shape index (κ2) is 7.68. The molecule has 0 aliphatic heterocycles. The first-order chi connectivity index (χ1) is 12.1. The molecule has 0 spiro atoms. The summed E-state index contributed by atoms with van der Waals surface area (Å²) in [5.74, 6) is 0. The van der Waals surface area contributed by atoms with E-state index in [9.17, 15) is 28.6 Å². The fourth-order valence-corrected chi connectivity index (χ4v) is 5.13. The first kappa shape index (κ1) is 19.6. The van der Waals surface area contributed by atoms with E-state index in [0.717, 1.165) is 24.3 Å². The standard InChI is InChI=1S/C14H14N4O6S2/c1-16(2)25(13-7-3-11(4-8-13)17(19)20)15-26(23,24)14-9-5-12(6-10-14)18(21)22/h3-10H,1-2H3/t25-/m1/s1. The van der Waals surface area contributed by atoms with Crippen molar-refractivity contribution in [2.75, 3.05) is 14.1 Å². The fourth-order valence-electron chi connectivity index (χ4n) is 1.89. The molecule has 0 aliphatic carbocycles. The zero-order valence-electron chi connectivity index (χ0n) is 13.7. The predicted molar refractivity (Wildman–Crippen MR) is 95.1 cm³/mol. The molecule has 0 radical (unpaired) electrons. The summed E-state index contributed by atoms with van der Waals surface area (Å²) in [6, 6.07) is 9.82. The van der Waals surface area contributed by atoms with Gasteiger partial charge in [0, 0.05) is 40.0 Å². The largest absolute Gasteiger partial charge is 0.289 e. The van der Waals surface area contributed by atoms with Crippen molar-refractivity contribution >= 4 is 32.3 Å². The zero-order chi connectivity index (χ0) is 19.5. The number of hydrogen-bond acceptors (Lipinski definition) is 6. The van der Waals surface area contributed by atoms with Crippen LogP contribution in [0.5, 0.6) is 0 Å². The van der Waals surface area contributed by atoms with Gasteiger partial charge in [-0.2, -0.15) is 8.42 Å². The summed E-state index contributed by atoms with van der Waals surface area (Å²) in [5.41, 5.74) is -0.347. The first-order valence-corrected chi connectivity index (χ1v) is 9.58. The van der Waals surface area contributed by atoms with Crippen molar-refractivity contribution in [1.29, 1.82) is 0 Å². The van der Waals surface area contributed by atoms with Crippen molar-refractivity contribution in [2.45, 2.75) is 9.79 Å². The maximum Gasteiger partial charge on any atom is 0.289 e. The van der Waals surface area contributed by atoms with E-state index in [2.05, 4.69) is 3.77 Å². The molecule has 26 heavy (non-hydrogen) atoms. The van der Waals surface area contributed by atoms with Crippen LogP contribution < -0.4 is 0 Å². The third-order valence-electron chi connectivity index (χ3n) is 3.12. The van der Waals surface area contributed by atoms with Gasteiger partial charge in [0.25, 0.3) is 21.4 Å². The maximum atomic E-state index is 12.5. The van der Waals surface area contributed by atoms with E-state index >= 15 is 0 Å². The number of nitro groups is 2. The molecule has 1 atom stereocenters. The summed E-state index contributed by atoms with van der Waals surface area (Å²) >= 11 is 0. The van der Waals surface area contributed by atoms with E-state index < -0.39 is 30.7 Å². The van der Waals surface area contributed by atoms with Gasteiger partial charge in [-0.1, -0.05) is 0 Å². The lowest BCUT2D eigenvalue weighted by Crippen LogP contribution is -2.17. The second-order valence-corrected chi connectivity index (χ2v) is 8.88. The number of nitro benzene ring substituents is 2. The number of nitrogens with zero attached hydrogens (tertiary/aromatic N) is 4. The van der Waals surface area contributed by atoms with Crippen molar-refractivity contribution in [3.63, 3.8) is 0 Å². The normalized spacial score (nSPS) is 12.9. The molecule has 2 aromatic rings. The topological polar surface area (TPSA) is 136 Å². The molecule has 2 rings (SSSR count). The molecule has 0 aromatic heterocycles. The van der Waals surface area contributed by atoms with E-state index in [1.54, 1.807) is 18.4 Å². The van der Waals surface area contributed by atoms with Crippen LogP contribution in [0, 0.1) is 20.2 Å². The van der Waals surface area contributed by atoms with Gasteiger partial charge in [-0.25, -0.2) is 4.31 Å². The maximum absolute atomic E-state index is 12.5. The number of benzene rings is 2. The highest BCUT2D eigenvalue weighted by Gasteiger charge is 2.18. The molecule has 0 bridgehead atoms. The van der Waals surface area contributed by atoms with Crippen LogP contribution in [0.1, 0.15) is 0 Å². The Kier molecular flexibility index (Phi) is 5.79. The smallest absolute Gasteiger partial charge is 0.258 e. The van der Waals surface area contributed by atoms with Crippen molar-refractivity contribution in [3.05, 3.63) is 68.8 Å². The van der Waals surface area contributed by atoms with Crippen LogP contribution in [0.2, 0.25) is 0 Å². The molecule has 12 heteroatoms. The van der Waals surface area contributed by atoms with Crippen molar-refractivity contribution in [1.82, 2.24) is 4.31 Å². The molecule has 0 saturated heterocycles. The van der Waals surface area contributed by atoms with Crippen LogP contribution in [0.4, 0.5) is 11.4 Å². The SMILES string of the molecule is CN(C)[S@@](=NS(=O)(=O)c1ccc([N+](=O)[O-])cc1)c1ccc([N+](=O)[O-])cc1. The fraction of sp³-hybridized carbons (Fsp3) is 0.143. The number of non-ortho nitro benzene ring substituents is 2. The average molecular weight is 398 g/mol. The van der Waals surface area contributed by atoms with E-state index in [1.165, 1.54) is 24.3 Å². The minimum atomic E-state index is -4.08. The molecule has 0 N–H and O–H groups in total. The van der Waals surface area contributed by atoms with E-state index in [4.69, 9.17) is 0 Å². The molecular weight excluding hydrogens is 384 g/mol. The molecule has 0 fully saturated rings. The summed E-state index contributed by atoms with van der Waals surface area (Å²) in [6.07, 6.45) is 0. The Balaban J connectivity index is 2.46. The predicted octanol–water partition coefficient (Wildman–Crippen LogP) is 2.53. The van der Waals surface area contributed by atoms with Gasteiger partial charge in [-0.15, -0.1) is 3.77 Å². The molecule has 2 aromatic carbocycles. The number of rotatable bonds is 6. The van der Waals surface area contributed by atoms with Crippen LogP contribution >= 0.6 is 0 Å². The van der Waals surface area contributed by atoms with Gasteiger partial charge in [0.1, 0.15) is 0 Å². The van der Waals surface area contributed by atoms with Gasteiger partial charge >= 0.3 is 0 Å². The van der Waals surface area contributed by atoms with Crippen molar-refractivity contribution < 1.29 is 18.3 Å². The summed E-state index contributed by atoms with van der Waals surface area (Å²) in [5, 5.41) is 21.4. The summed E-state index contributed by atoms with van der Waals surface area (Å²) in [6.45, 7) is 0. The average Bonchev–Trinajstić information content (AvgIpc) is 2.59. The van der Waals surface area contributed by atoms with Crippen molar-refractivity contribution in [2.24, 2.45) is 3.77 Å². The van der Waals surface area contributed by atoms with Crippen LogP contribution in [-0.4, -0.2) is 36.7 Å². The Morgan fingerprint density at radius 2 is 1.31 bits per heavy atom. The van der Waals surface area contributed by atoms with Gasteiger partial charge in [0.2, 0.25) is 0 Å². The highest BCUT2D eigenvalue weighted by Crippen LogP contribution is 2.22. The molecule has 0 aliphatic rings. The lowest BCUT2D eigenvalue weighted by molar-refractivity contribution is -0.385. The molecule has 0 saturated carbocycles. The first-order valence-electron chi connectivity index (χ1n) is 7.00. The quantitative estimate of drug-likeness (QED) is 0.538. The van der Waals surface area contributed by atoms with Crippen LogP contribution in [0.15, 0.2) is 62.1 Å². The minimum Gasteiger partial charge on any atom is -0.258 e. The zero-order valence-corrected chi connectivity index (χ0v) is 15.3. The Morgan fingerprint density at radius 3 is 1.69 bits per heavy atom. The third-order valence-corrected chi connectivity index (χ3v) is 6.72. The van der Waals surface area contributed by atoms with Gasteiger partial charge in [-0.05, 0) is 38.4 Å². The lowest BCUT2D eigenvalue weighted by atomic mass is 10.3. The summed E-state index contributed by atoms with van der Waals surface area (Å²) < 4.78 is 30.5. The summed E-state index contributed by atoms with van der Waals surface area (Å²) in [4.78, 5) is 20.5. The highest BCUT2D eigenvalue weighted by molar-refractivity contribution is 7.99. The molecule has 0 heterocycles. The van der Waals surface area contributed by atoms with Crippen LogP contribution in [-0.2, 0) is 20.9 Å². The Morgan fingerprint density at radius 1 is 0.885 bits per heavy atom.